The van der Waals surface area contributed by atoms with Crippen molar-refractivity contribution in [1.29, 1.82) is 0 Å². The Morgan fingerprint density at radius 1 is 1.19 bits per heavy atom. The maximum Gasteiger partial charge on any atom is 0.453 e. The van der Waals surface area contributed by atoms with Gasteiger partial charge in [-0.15, -0.1) is 10.2 Å². The van der Waals surface area contributed by atoms with Gasteiger partial charge in [-0.2, -0.15) is 22.8 Å². The van der Waals surface area contributed by atoms with Crippen LogP contribution in [-0.4, -0.2) is 37.3 Å². The maximum absolute atomic E-state index is 12.9. The summed E-state index contributed by atoms with van der Waals surface area (Å²) in [6.45, 7) is 1.42. The normalized spacial score (nSPS) is 11.6. The number of nitrogens with zero attached hydrogens (tertiary/aromatic N) is 4. The third-order valence-electron chi connectivity index (χ3n) is 3.40. The molecule has 0 aliphatic heterocycles. The number of hydrogen-bond donors (Lipinski definition) is 1. The topological polar surface area (TPSA) is 89.2 Å². The molecule has 0 aliphatic rings. The Morgan fingerprint density at radius 2 is 1.96 bits per heavy atom. The molecule has 1 amide bonds. The number of benzene rings is 1. The number of anilines is 1. The average molecular weight is 395 g/mol. The van der Waals surface area contributed by atoms with Gasteiger partial charge in [-0.05, 0) is 31.2 Å². The molecule has 2 heterocycles. The Morgan fingerprint density at radius 3 is 2.67 bits per heavy atom. The van der Waals surface area contributed by atoms with E-state index in [1.807, 2.05) is 0 Å². The van der Waals surface area contributed by atoms with Crippen molar-refractivity contribution < 1.29 is 22.8 Å². The molecule has 1 N–H and O–H groups in total. The van der Waals surface area contributed by atoms with Gasteiger partial charge in [0.1, 0.15) is 5.03 Å². The minimum atomic E-state index is -4.69. The summed E-state index contributed by atoms with van der Waals surface area (Å²) in [5, 5.41) is 13.2. The number of carbonyl (C=O) groups is 2. The Bertz CT molecular complexity index is 1020. The van der Waals surface area contributed by atoms with Gasteiger partial charge in [-0.25, -0.2) is 0 Å². The Hall–Kier alpha value is -2.95. The van der Waals surface area contributed by atoms with Crippen molar-refractivity contribution in [2.75, 3.05) is 11.1 Å². The van der Waals surface area contributed by atoms with E-state index >= 15 is 0 Å². The minimum Gasteiger partial charge on any atom is -0.325 e. The highest BCUT2D eigenvalue weighted by Gasteiger charge is 2.37. The van der Waals surface area contributed by atoms with Crippen LogP contribution in [0.3, 0.4) is 0 Å². The van der Waals surface area contributed by atoms with Crippen LogP contribution in [0, 0.1) is 0 Å². The fourth-order valence-electron chi connectivity index (χ4n) is 2.18. The lowest BCUT2D eigenvalue weighted by molar-refractivity contribution is -0.146. The second-order valence-electron chi connectivity index (χ2n) is 5.44. The van der Waals surface area contributed by atoms with E-state index in [4.69, 9.17) is 0 Å². The van der Waals surface area contributed by atoms with Crippen LogP contribution in [0.2, 0.25) is 0 Å². The molecular formula is C16H12F3N5O2S. The van der Waals surface area contributed by atoms with Crippen molar-refractivity contribution in [3.05, 3.63) is 47.8 Å². The summed E-state index contributed by atoms with van der Waals surface area (Å²) in [6.07, 6.45) is -4.69. The molecule has 3 rings (SSSR count). The molecule has 0 aliphatic carbocycles. The van der Waals surface area contributed by atoms with E-state index in [-0.39, 0.29) is 28.1 Å². The van der Waals surface area contributed by atoms with Crippen molar-refractivity contribution in [1.82, 2.24) is 19.8 Å². The van der Waals surface area contributed by atoms with Crippen LogP contribution in [-0.2, 0) is 11.0 Å². The highest BCUT2D eigenvalue weighted by Crippen LogP contribution is 2.28. The molecule has 0 spiro atoms. The number of rotatable bonds is 5. The van der Waals surface area contributed by atoms with E-state index in [9.17, 15) is 22.8 Å². The Labute approximate surface area is 155 Å². The van der Waals surface area contributed by atoms with E-state index in [1.165, 1.54) is 19.1 Å². The van der Waals surface area contributed by atoms with Crippen molar-refractivity contribution in [3.8, 4) is 0 Å². The van der Waals surface area contributed by atoms with Crippen molar-refractivity contribution in [2.24, 2.45) is 0 Å². The van der Waals surface area contributed by atoms with E-state index in [2.05, 4.69) is 20.6 Å². The van der Waals surface area contributed by atoms with E-state index in [1.54, 1.807) is 24.3 Å². The smallest absolute Gasteiger partial charge is 0.325 e. The molecule has 140 valence electrons. The van der Waals surface area contributed by atoms with Crippen LogP contribution < -0.4 is 5.32 Å². The molecule has 11 heteroatoms. The fourth-order valence-corrected chi connectivity index (χ4v) is 2.83. The number of alkyl halides is 3. The van der Waals surface area contributed by atoms with Gasteiger partial charge in [0.2, 0.25) is 5.91 Å². The van der Waals surface area contributed by atoms with Crippen LogP contribution >= 0.6 is 11.8 Å². The summed E-state index contributed by atoms with van der Waals surface area (Å²) in [6, 6.07) is 9.24. The van der Waals surface area contributed by atoms with Crippen molar-refractivity contribution >= 4 is 34.8 Å². The largest absolute Gasteiger partial charge is 0.453 e. The zero-order valence-corrected chi connectivity index (χ0v) is 14.6. The lowest BCUT2D eigenvalue weighted by atomic mass is 10.1. The first-order valence-corrected chi connectivity index (χ1v) is 8.56. The lowest BCUT2D eigenvalue weighted by Crippen LogP contribution is -2.15. The number of hydrogen-bond acceptors (Lipinski definition) is 6. The van der Waals surface area contributed by atoms with Gasteiger partial charge < -0.3 is 5.32 Å². The quantitative estimate of drug-likeness (QED) is 0.528. The summed E-state index contributed by atoms with van der Waals surface area (Å²) in [7, 11) is 0. The molecule has 0 bridgehead atoms. The molecule has 0 unspecified atom stereocenters. The van der Waals surface area contributed by atoms with Gasteiger partial charge in [-0.3, -0.25) is 9.59 Å². The Balaban J connectivity index is 1.68. The first-order chi connectivity index (χ1) is 12.7. The predicted molar refractivity (Wildman–Crippen MR) is 91.6 cm³/mol. The second-order valence-corrected chi connectivity index (χ2v) is 6.43. The molecule has 0 radical (unpaired) electrons. The summed E-state index contributed by atoms with van der Waals surface area (Å²) >= 11 is 0.962. The monoisotopic (exact) mass is 395 g/mol. The number of carbonyl (C=O) groups excluding carboxylic acids is 2. The van der Waals surface area contributed by atoms with Gasteiger partial charge in [0, 0.05) is 11.3 Å². The zero-order chi connectivity index (χ0) is 19.6. The summed E-state index contributed by atoms with van der Waals surface area (Å²) < 4.78 is 39.2. The standard InChI is InChI=1S/C16H12F3N5O2S/c1-9(25)10-3-2-4-11(7-10)20-13(26)8-27-14-6-5-12-21-22-15(16(17,18)19)24(12)23-14/h2-7H,8H2,1H3,(H,20,26). The highest BCUT2D eigenvalue weighted by atomic mass is 32.2. The number of ketones is 1. The molecule has 1 aromatic carbocycles. The van der Waals surface area contributed by atoms with Crippen LogP contribution in [0.1, 0.15) is 23.1 Å². The fraction of sp³-hybridized carbons (Fsp3) is 0.188. The molecular weight excluding hydrogens is 383 g/mol. The summed E-state index contributed by atoms with van der Waals surface area (Å²) in [4.78, 5) is 23.4. The maximum atomic E-state index is 12.9. The average Bonchev–Trinajstić information content (AvgIpc) is 3.03. The number of nitrogens with one attached hydrogen (secondary N) is 1. The number of fused-ring (bicyclic) bond motifs is 1. The number of aromatic nitrogens is 4. The van der Waals surface area contributed by atoms with Gasteiger partial charge >= 0.3 is 6.18 Å². The molecule has 7 nitrogen and oxygen atoms in total. The molecule has 27 heavy (non-hydrogen) atoms. The molecule has 2 aromatic heterocycles. The molecule has 0 atom stereocenters. The third-order valence-corrected chi connectivity index (χ3v) is 4.32. The SMILES string of the molecule is CC(=O)c1cccc(NC(=O)CSc2ccc3nnc(C(F)(F)F)n3n2)c1. The van der Waals surface area contributed by atoms with Crippen LogP contribution in [0.4, 0.5) is 18.9 Å². The Kier molecular flexibility index (Phi) is 5.13. The van der Waals surface area contributed by atoms with Crippen molar-refractivity contribution in [3.63, 3.8) is 0 Å². The molecule has 0 saturated heterocycles. The summed E-state index contributed by atoms with van der Waals surface area (Å²) in [5.74, 6) is -1.83. The van der Waals surface area contributed by atoms with E-state index in [0.29, 0.717) is 15.8 Å². The van der Waals surface area contributed by atoms with Crippen LogP contribution in [0.5, 0.6) is 0 Å². The molecule has 0 fully saturated rings. The highest BCUT2D eigenvalue weighted by molar-refractivity contribution is 7.99. The first-order valence-electron chi connectivity index (χ1n) is 7.57. The summed E-state index contributed by atoms with van der Waals surface area (Å²) in [5.41, 5.74) is 0.868. The van der Waals surface area contributed by atoms with E-state index in [0.717, 1.165) is 11.8 Å². The second kappa shape index (κ2) is 7.35. The molecule has 3 aromatic rings. The van der Waals surface area contributed by atoms with Crippen LogP contribution in [0.25, 0.3) is 5.65 Å². The minimum absolute atomic E-state index is 0.0443. The van der Waals surface area contributed by atoms with Gasteiger partial charge in [0.05, 0.1) is 5.75 Å². The predicted octanol–water partition coefficient (Wildman–Crippen LogP) is 3.08. The number of Topliss-reactive ketones (excluding diaryl/α,β-unsaturated/α-hetero) is 1. The number of halogens is 3. The van der Waals surface area contributed by atoms with Gasteiger partial charge in [0.15, 0.2) is 11.4 Å². The lowest BCUT2D eigenvalue weighted by Gasteiger charge is -2.07. The van der Waals surface area contributed by atoms with Gasteiger partial charge in [0.25, 0.3) is 5.82 Å². The van der Waals surface area contributed by atoms with Crippen LogP contribution in [0.15, 0.2) is 41.4 Å². The number of amides is 1. The molecule has 0 saturated carbocycles. The third kappa shape index (κ3) is 4.42. The number of thioether (sulfide) groups is 1. The van der Waals surface area contributed by atoms with Gasteiger partial charge in [-0.1, -0.05) is 23.9 Å². The van der Waals surface area contributed by atoms with Crippen molar-refractivity contribution in [2.45, 2.75) is 18.1 Å². The van der Waals surface area contributed by atoms with E-state index < -0.39 is 12.0 Å². The first kappa shape index (κ1) is 18.8. The zero-order valence-electron chi connectivity index (χ0n) is 13.8.